The van der Waals surface area contributed by atoms with Crippen molar-refractivity contribution in [3.05, 3.63) is 28.0 Å². The molecule has 0 aliphatic rings. The number of esters is 1. The number of amides is 1. The minimum absolute atomic E-state index is 0.0544. The van der Waals surface area contributed by atoms with Crippen LogP contribution in [0.25, 0.3) is 0 Å². The molecule has 0 aromatic carbocycles. The molecule has 1 heterocycles. The van der Waals surface area contributed by atoms with Crippen LogP contribution in [-0.2, 0) is 9.53 Å². The maximum atomic E-state index is 12.0. The molecule has 0 aliphatic heterocycles. The Bertz CT molecular complexity index is 481. The summed E-state index contributed by atoms with van der Waals surface area (Å²) in [6, 6.07) is 2.35. The lowest BCUT2D eigenvalue weighted by Crippen LogP contribution is -2.32. The van der Waals surface area contributed by atoms with E-state index in [2.05, 4.69) is 4.74 Å². The Balaban J connectivity index is 2.71. The van der Waals surface area contributed by atoms with Crippen LogP contribution in [0, 0.1) is 10.1 Å². The van der Waals surface area contributed by atoms with Gasteiger partial charge in [-0.1, -0.05) is 0 Å². The number of furan rings is 1. The molecule has 8 nitrogen and oxygen atoms in total. The van der Waals surface area contributed by atoms with Gasteiger partial charge in [-0.25, -0.2) is 0 Å². The first kappa shape index (κ1) is 14.7. The van der Waals surface area contributed by atoms with Crippen LogP contribution >= 0.6 is 0 Å². The van der Waals surface area contributed by atoms with Gasteiger partial charge in [0.1, 0.15) is 4.92 Å². The zero-order valence-electron chi connectivity index (χ0n) is 10.6. The predicted molar refractivity (Wildman–Crippen MR) is 63.6 cm³/mol. The van der Waals surface area contributed by atoms with Gasteiger partial charge in [-0.3, -0.25) is 19.7 Å². The maximum Gasteiger partial charge on any atom is 0.433 e. The molecule has 1 aromatic rings. The van der Waals surface area contributed by atoms with Crippen LogP contribution in [0.1, 0.15) is 23.9 Å². The quantitative estimate of drug-likeness (QED) is 0.437. The number of nitro groups is 1. The number of rotatable bonds is 6. The molecule has 0 spiro atoms. The highest BCUT2D eigenvalue weighted by atomic mass is 16.6. The number of hydrogen-bond donors (Lipinski definition) is 0. The third kappa shape index (κ3) is 3.80. The first-order valence-corrected chi connectivity index (χ1v) is 5.60. The molecule has 8 heteroatoms. The van der Waals surface area contributed by atoms with E-state index in [4.69, 9.17) is 4.42 Å². The molecule has 0 fully saturated rings. The molecule has 19 heavy (non-hydrogen) atoms. The fourth-order valence-electron chi connectivity index (χ4n) is 1.43. The maximum absolute atomic E-state index is 12.0. The fourth-order valence-corrected chi connectivity index (χ4v) is 1.43. The van der Waals surface area contributed by atoms with E-state index >= 15 is 0 Å². The fraction of sp³-hybridized carbons (Fsp3) is 0.455. The molecule has 0 saturated heterocycles. The van der Waals surface area contributed by atoms with Crippen molar-refractivity contribution in [2.24, 2.45) is 0 Å². The van der Waals surface area contributed by atoms with E-state index in [1.54, 1.807) is 6.92 Å². The van der Waals surface area contributed by atoms with Crippen molar-refractivity contribution < 1.29 is 23.7 Å². The summed E-state index contributed by atoms with van der Waals surface area (Å²) in [6.45, 7) is 2.24. The highest BCUT2D eigenvalue weighted by Crippen LogP contribution is 2.17. The molecule has 1 amide bonds. The summed E-state index contributed by atoms with van der Waals surface area (Å²) in [5, 5.41) is 10.5. The monoisotopic (exact) mass is 270 g/mol. The van der Waals surface area contributed by atoms with Crippen LogP contribution in [0.4, 0.5) is 5.88 Å². The van der Waals surface area contributed by atoms with E-state index in [1.165, 1.54) is 18.1 Å². The Morgan fingerprint density at radius 3 is 2.63 bits per heavy atom. The smallest absolute Gasteiger partial charge is 0.433 e. The first-order chi connectivity index (χ1) is 8.99. The average molecular weight is 270 g/mol. The van der Waals surface area contributed by atoms with Crippen molar-refractivity contribution >= 4 is 17.8 Å². The number of nitrogens with zero attached hydrogens (tertiary/aromatic N) is 2. The topological polar surface area (TPSA) is 103 Å². The molecule has 0 bridgehead atoms. The number of hydrogen-bond acceptors (Lipinski definition) is 6. The SMILES string of the molecule is CCN(CCC(=O)OC)C(=O)c1ccc([N+](=O)[O-])o1. The van der Waals surface area contributed by atoms with Crippen LogP contribution in [0.3, 0.4) is 0 Å². The standard InChI is InChI=1S/C11H14N2O6/c1-3-12(7-6-10(14)18-2)11(15)8-4-5-9(19-8)13(16)17/h4-5H,3,6-7H2,1-2H3. The van der Waals surface area contributed by atoms with Gasteiger partial charge in [0, 0.05) is 13.1 Å². The summed E-state index contributed by atoms with van der Waals surface area (Å²) in [4.78, 5) is 34.1. The molecule has 0 unspecified atom stereocenters. The summed E-state index contributed by atoms with van der Waals surface area (Å²) >= 11 is 0. The van der Waals surface area contributed by atoms with Crippen molar-refractivity contribution in [1.82, 2.24) is 4.90 Å². The summed E-state index contributed by atoms with van der Waals surface area (Å²) in [6.07, 6.45) is 0.0544. The minimum Gasteiger partial charge on any atom is -0.469 e. The largest absolute Gasteiger partial charge is 0.469 e. The van der Waals surface area contributed by atoms with E-state index in [-0.39, 0.29) is 18.7 Å². The first-order valence-electron chi connectivity index (χ1n) is 5.60. The molecule has 1 aromatic heterocycles. The van der Waals surface area contributed by atoms with Crippen LogP contribution in [0.15, 0.2) is 16.5 Å². The van der Waals surface area contributed by atoms with Crippen LogP contribution < -0.4 is 0 Å². The molecule has 0 N–H and O–H groups in total. The lowest BCUT2D eigenvalue weighted by Gasteiger charge is -2.18. The second-order valence-electron chi connectivity index (χ2n) is 3.61. The number of carbonyl (C=O) groups is 2. The van der Waals surface area contributed by atoms with Crippen LogP contribution in [-0.4, -0.2) is 41.9 Å². The zero-order valence-corrected chi connectivity index (χ0v) is 10.6. The Morgan fingerprint density at radius 1 is 1.47 bits per heavy atom. The van der Waals surface area contributed by atoms with Gasteiger partial charge in [-0.15, -0.1) is 0 Å². The third-order valence-electron chi connectivity index (χ3n) is 2.46. The molecular weight excluding hydrogens is 256 g/mol. The van der Waals surface area contributed by atoms with Crippen molar-refractivity contribution in [2.45, 2.75) is 13.3 Å². The summed E-state index contributed by atoms with van der Waals surface area (Å²) in [5.41, 5.74) is 0. The van der Waals surface area contributed by atoms with Gasteiger partial charge in [0.15, 0.2) is 5.76 Å². The predicted octanol–water partition coefficient (Wildman–Crippen LogP) is 1.21. The zero-order chi connectivity index (χ0) is 14.4. The lowest BCUT2D eigenvalue weighted by atomic mass is 10.3. The molecule has 1 rings (SSSR count). The van der Waals surface area contributed by atoms with Gasteiger partial charge in [0.25, 0.3) is 5.91 Å². The highest BCUT2D eigenvalue weighted by molar-refractivity contribution is 5.92. The van der Waals surface area contributed by atoms with E-state index in [9.17, 15) is 19.7 Å². The van der Waals surface area contributed by atoms with Crippen molar-refractivity contribution in [1.29, 1.82) is 0 Å². The van der Waals surface area contributed by atoms with Crippen LogP contribution in [0.5, 0.6) is 0 Å². The number of carbonyl (C=O) groups excluding carboxylic acids is 2. The third-order valence-corrected chi connectivity index (χ3v) is 2.46. The molecule has 0 aliphatic carbocycles. The second-order valence-corrected chi connectivity index (χ2v) is 3.61. The van der Waals surface area contributed by atoms with Gasteiger partial charge >= 0.3 is 11.9 Å². The molecule has 0 atom stereocenters. The van der Waals surface area contributed by atoms with E-state index in [0.29, 0.717) is 6.54 Å². The molecule has 104 valence electrons. The number of ether oxygens (including phenoxy) is 1. The molecular formula is C11H14N2O6. The number of methoxy groups -OCH3 is 1. The van der Waals surface area contributed by atoms with E-state index in [1.807, 2.05) is 0 Å². The van der Waals surface area contributed by atoms with Gasteiger partial charge in [0.05, 0.1) is 19.6 Å². The highest BCUT2D eigenvalue weighted by Gasteiger charge is 2.22. The van der Waals surface area contributed by atoms with Crippen molar-refractivity contribution in [3.63, 3.8) is 0 Å². The van der Waals surface area contributed by atoms with Crippen molar-refractivity contribution in [2.75, 3.05) is 20.2 Å². The van der Waals surface area contributed by atoms with Gasteiger partial charge in [-0.05, 0) is 13.0 Å². The Morgan fingerprint density at radius 2 is 2.16 bits per heavy atom. The molecule has 0 radical (unpaired) electrons. The summed E-state index contributed by atoms with van der Waals surface area (Å²) < 4.78 is 9.29. The van der Waals surface area contributed by atoms with Crippen LogP contribution in [0.2, 0.25) is 0 Å². The van der Waals surface area contributed by atoms with Gasteiger partial charge < -0.3 is 14.1 Å². The summed E-state index contributed by atoms with van der Waals surface area (Å²) in [5.74, 6) is -1.55. The van der Waals surface area contributed by atoms with E-state index in [0.717, 1.165) is 6.07 Å². The Labute approximate surface area is 109 Å². The Hall–Kier alpha value is -2.38. The average Bonchev–Trinajstić information content (AvgIpc) is 2.88. The molecule has 0 saturated carbocycles. The Kier molecular flexibility index (Phi) is 5.04. The van der Waals surface area contributed by atoms with Crippen molar-refractivity contribution in [3.8, 4) is 0 Å². The summed E-state index contributed by atoms with van der Waals surface area (Å²) in [7, 11) is 1.26. The van der Waals surface area contributed by atoms with Gasteiger partial charge in [-0.2, -0.15) is 0 Å². The van der Waals surface area contributed by atoms with E-state index < -0.39 is 22.7 Å². The second kappa shape index (κ2) is 6.53. The normalized spacial score (nSPS) is 10.0. The lowest BCUT2D eigenvalue weighted by molar-refractivity contribution is -0.402. The minimum atomic E-state index is -0.721. The van der Waals surface area contributed by atoms with Gasteiger partial charge in [0.2, 0.25) is 0 Å².